The molecule has 2 nitrogen and oxygen atoms in total. The van der Waals surface area contributed by atoms with E-state index in [-0.39, 0.29) is 0 Å². The van der Waals surface area contributed by atoms with Crippen molar-refractivity contribution in [3.8, 4) is 0 Å². The van der Waals surface area contributed by atoms with E-state index in [1.165, 1.54) is 0 Å². The maximum Gasteiger partial charge on any atom is 0.158 e. The molecule has 0 amide bonds. The molecule has 2 aliphatic heterocycles. The maximum atomic E-state index is 4.17. The highest BCUT2D eigenvalue weighted by Gasteiger charge is 2.11. The van der Waals surface area contributed by atoms with Crippen molar-refractivity contribution in [3.63, 3.8) is 0 Å². The number of nitrogens with zero attached hydrogens (tertiary/aromatic N) is 2. The van der Waals surface area contributed by atoms with Crippen molar-refractivity contribution in [2.45, 2.75) is 6.92 Å². The van der Waals surface area contributed by atoms with Crippen LogP contribution in [0.1, 0.15) is 6.92 Å². The summed E-state index contributed by atoms with van der Waals surface area (Å²) < 4.78 is 0. The number of allylic oxidation sites excluding steroid dienone is 1. The third-order valence-electron chi connectivity index (χ3n) is 1.58. The normalized spacial score (nSPS) is 27.9. The molecule has 2 heteroatoms. The van der Waals surface area contributed by atoms with Gasteiger partial charge in [0.05, 0.1) is 0 Å². The van der Waals surface area contributed by atoms with E-state index in [4.69, 9.17) is 0 Å². The number of dihydropyridines is 1. The molecule has 2 heterocycles. The number of amidine groups is 1. The molecule has 0 saturated carbocycles. The molecule has 0 aromatic heterocycles. The van der Waals surface area contributed by atoms with Gasteiger partial charge in [-0.2, -0.15) is 0 Å². The van der Waals surface area contributed by atoms with Crippen molar-refractivity contribution in [3.05, 3.63) is 23.9 Å². The van der Waals surface area contributed by atoms with Crippen molar-refractivity contribution in [1.29, 1.82) is 0 Å². The Labute approximate surface area is 59.7 Å². The molecule has 0 aromatic rings. The number of aliphatic imine (C=N–C) groups is 2. The van der Waals surface area contributed by atoms with Gasteiger partial charge in [-0.15, -0.1) is 0 Å². The van der Waals surface area contributed by atoms with Gasteiger partial charge >= 0.3 is 0 Å². The second-order valence-corrected chi connectivity index (χ2v) is 2.53. The Morgan fingerprint density at radius 2 is 2.40 bits per heavy atom. The number of hydrogen-bond acceptors (Lipinski definition) is 2. The Kier molecular flexibility index (Phi) is 1.07. The first-order valence-electron chi connectivity index (χ1n) is 3.37. The number of hydrogen-bond donors (Lipinski definition) is 0. The largest absolute Gasteiger partial charge is 0.240 e. The van der Waals surface area contributed by atoms with Gasteiger partial charge in [0.2, 0.25) is 0 Å². The summed E-state index contributed by atoms with van der Waals surface area (Å²) in [6.07, 6.45) is 7.85. The summed E-state index contributed by atoms with van der Waals surface area (Å²) in [4.78, 5) is 8.23. The Morgan fingerprint density at radius 1 is 1.50 bits per heavy atom. The van der Waals surface area contributed by atoms with Crippen molar-refractivity contribution < 1.29 is 0 Å². The van der Waals surface area contributed by atoms with Crippen LogP contribution in [0.2, 0.25) is 0 Å². The molecule has 0 saturated heterocycles. The molecule has 0 spiro atoms. The molecule has 2 aliphatic rings. The Hall–Kier alpha value is -1.18. The van der Waals surface area contributed by atoms with E-state index in [0.717, 1.165) is 11.4 Å². The first-order valence-corrected chi connectivity index (χ1v) is 3.37. The molecule has 10 heavy (non-hydrogen) atoms. The van der Waals surface area contributed by atoms with Gasteiger partial charge in [-0.3, -0.25) is 0 Å². The van der Waals surface area contributed by atoms with Gasteiger partial charge in [0, 0.05) is 23.9 Å². The second-order valence-electron chi connectivity index (χ2n) is 2.53. The lowest BCUT2D eigenvalue weighted by atomic mass is 10.1. The summed E-state index contributed by atoms with van der Waals surface area (Å²) in [5.74, 6) is 1.31. The van der Waals surface area contributed by atoms with Gasteiger partial charge in [-0.1, -0.05) is 13.0 Å². The van der Waals surface area contributed by atoms with Crippen molar-refractivity contribution >= 4 is 12.1 Å². The van der Waals surface area contributed by atoms with E-state index in [1.807, 2.05) is 12.3 Å². The fourth-order valence-electron chi connectivity index (χ4n) is 1.09. The molecular weight excluding hydrogens is 124 g/mol. The fraction of sp³-hybridized carbons (Fsp3) is 0.250. The summed E-state index contributed by atoms with van der Waals surface area (Å²) in [5.41, 5.74) is 1.16. The predicted molar refractivity (Wildman–Crippen MR) is 42.3 cm³/mol. The average Bonchev–Trinajstić information content (AvgIpc) is 2.33. The van der Waals surface area contributed by atoms with E-state index in [0.29, 0.717) is 5.92 Å². The lowest BCUT2D eigenvalue weighted by molar-refractivity contribution is 1.01. The first kappa shape index (κ1) is 5.59. The smallest absolute Gasteiger partial charge is 0.158 e. The zero-order valence-electron chi connectivity index (χ0n) is 5.78. The molecule has 0 radical (unpaired) electrons. The third-order valence-corrected chi connectivity index (χ3v) is 1.58. The average molecular weight is 132 g/mol. The minimum Gasteiger partial charge on any atom is -0.240 e. The minimum absolute atomic E-state index is 0.455. The quantitative estimate of drug-likeness (QED) is 0.478. The van der Waals surface area contributed by atoms with Gasteiger partial charge in [0.25, 0.3) is 0 Å². The van der Waals surface area contributed by atoms with E-state index in [1.54, 1.807) is 6.20 Å². The van der Waals surface area contributed by atoms with Gasteiger partial charge in [0.1, 0.15) is 0 Å². The van der Waals surface area contributed by atoms with Crippen LogP contribution in [0.3, 0.4) is 0 Å². The van der Waals surface area contributed by atoms with Crippen LogP contribution in [0.15, 0.2) is 33.9 Å². The highest BCUT2D eigenvalue weighted by Crippen LogP contribution is 2.16. The first-order chi connectivity index (χ1) is 4.86. The molecule has 0 N–H and O–H groups in total. The van der Waals surface area contributed by atoms with Crippen LogP contribution in [-0.4, -0.2) is 12.1 Å². The molecular formula is C8H8N2. The lowest BCUT2D eigenvalue weighted by Crippen LogP contribution is -2.05. The van der Waals surface area contributed by atoms with Crippen LogP contribution in [0, 0.1) is 5.92 Å². The molecule has 50 valence electrons. The molecule has 0 unspecified atom stereocenters. The fourth-order valence-corrected chi connectivity index (χ4v) is 1.09. The highest BCUT2D eigenvalue weighted by atomic mass is 14.9. The summed E-state index contributed by atoms with van der Waals surface area (Å²) in [7, 11) is 0. The van der Waals surface area contributed by atoms with Crippen LogP contribution in [0.4, 0.5) is 0 Å². The highest BCUT2D eigenvalue weighted by molar-refractivity contribution is 6.08. The Bertz CT molecular complexity index is 269. The zero-order valence-corrected chi connectivity index (χ0v) is 5.78. The van der Waals surface area contributed by atoms with Crippen molar-refractivity contribution in [2.75, 3.05) is 0 Å². The van der Waals surface area contributed by atoms with Gasteiger partial charge in [0.15, 0.2) is 5.84 Å². The zero-order chi connectivity index (χ0) is 6.97. The second kappa shape index (κ2) is 1.90. The summed E-state index contributed by atoms with van der Waals surface area (Å²) >= 11 is 0. The minimum atomic E-state index is 0.455. The summed E-state index contributed by atoms with van der Waals surface area (Å²) in [6.45, 7) is 2.11. The van der Waals surface area contributed by atoms with Crippen LogP contribution in [0.25, 0.3) is 0 Å². The SMILES string of the molecule is C[C@H]1C=NC2=NC=CC2=C1. The van der Waals surface area contributed by atoms with Crippen LogP contribution in [0.5, 0.6) is 0 Å². The van der Waals surface area contributed by atoms with Crippen LogP contribution >= 0.6 is 0 Å². The topological polar surface area (TPSA) is 24.7 Å². The van der Waals surface area contributed by atoms with E-state index < -0.39 is 0 Å². The summed E-state index contributed by atoms with van der Waals surface area (Å²) in [6, 6.07) is 0. The molecule has 2 rings (SSSR count). The number of fused-ring (bicyclic) bond motifs is 1. The summed E-state index contributed by atoms with van der Waals surface area (Å²) in [5, 5.41) is 0. The maximum absolute atomic E-state index is 4.17. The monoisotopic (exact) mass is 132 g/mol. The standard InChI is InChI=1S/C8H8N2/c1-6-4-7-2-3-9-8(7)10-5-6/h2-6H,1H3/t6-/m1/s1. The Balaban J connectivity index is 2.41. The van der Waals surface area contributed by atoms with Crippen molar-refractivity contribution in [1.82, 2.24) is 0 Å². The van der Waals surface area contributed by atoms with Crippen LogP contribution < -0.4 is 0 Å². The molecule has 0 bridgehead atoms. The molecule has 0 aliphatic carbocycles. The van der Waals surface area contributed by atoms with Gasteiger partial charge in [-0.25, -0.2) is 9.98 Å². The Morgan fingerprint density at radius 3 is 3.30 bits per heavy atom. The van der Waals surface area contributed by atoms with Crippen molar-refractivity contribution in [2.24, 2.45) is 15.9 Å². The lowest BCUT2D eigenvalue weighted by Gasteiger charge is -2.06. The molecule has 1 atom stereocenters. The molecule has 0 aromatic carbocycles. The number of rotatable bonds is 0. The van der Waals surface area contributed by atoms with Gasteiger partial charge in [-0.05, 0) is 6.08 Å². The van der Waals surface area contributed by atoms with Crippen LogP contribution in [-0.2, 0) is 0 Å². The van der Waals surface area contributed by atoms with Gasteiger partial charge < -0.3 is 0 Å². The van der Waals surface area contributed by atoms with E-state index >= 15 is 0 Å². The predicted octanol–water partition coefficient (Wildman–Crippen LogP) is 1.56. The van der Waals surface area contributed by atoms with E-state index in [2.05, 4.69) is 23.0 Å². The van der Waals surface area contributed by atoms with E-state index in [9.17, 15) is 0 Å². The third kappa shape index (κ3) is 0.727. The molecule has 0 fully saturated rings.